The van der Waals surface area contributed by atoms with E-state index in [-0.39, 0.29) is 23.7 Å². The Balaban J connectivity index is 1.42. The van der Waals surface area contributed by atoms with Crippen LogP contribution in [-0.4, -0.2) is 50.5 Å². The summed E-state index contributed by atoms with van der Waals surface area (Å²) >= 11 is 0. The number of H-pyrrole nitrogens is 1. The summed E-state index contributed by atoms with van der Waals surface area (Å²) in [7, 11) is 0. The number of hydrogen-bond acceptors (Lipinski definition) is 5. The van der Waals surface area contributed by atoms with E-state index < -0.39 is 0 Å². The number of aromatic amines is 1. The van der Waals surface area contributed by atoms with Gasteiger partial charge in [-0.05, 0) is 35.7 Å². The third-order valence-corrected chi connectivity index (χ3v) is 5.95. The lowest BCUT2D eigenvalue weighted by Gasteiger charge is -2.29. The van der Waals surface area contributed by atoms with Crippen molar-refractivity contribution in [3.63, 3.8) is 0 Å². The van der Waals surface area contributed by atoms with Crippen LogP contribution in [0.5, 0.6) is 0 Å². The number of nitrogens with zero attached hydrogens (tertiary/aromatic N) is 4. The average Bonchev–Trinajstić information content (AvgIpc) is 3.46. The zero-order valence-electron chi connectivity index (χ0n) is 16.1. The van der Waals surface area contributed by atoms with E-state index in [0.717, 1.165) is 18.7 Å². The summed E-state index contributed by atoms with van der Waals surface area (Å²) in [6, 6.07) is 10.0. The first kappa shape index (κ1) is 18.1. The number of carbonyl (C=O) groups is 1. The van der Waals surface area contributed by atoms with Crippen LogP contribution < -0.4 is 0 Å². The van der Waals surface area contributed by atoms with Crippen molar-refractivity contribution >= 4 is 5.91 Å². The number of rotatable bonds is 4. The first-order valence-corrected chi connectivity index (χ1v) is 9.80. The lowest BCUT2D eigenvalue weighted by molar-refractivity contribution is 0.0693. The van der Waals surface area contributed by atoms with Crippen LogP contribution in [0.25, 0.3) is 0 Å². The standard InChI is InChI=1S/C21H22FN5O2/c1-13-24-19(25-29-13)12-26-9-15-10-27(21(28)18-6-3-7-23-18)20(17(15)11-26)14-4-2-5-16(22)8-14/h2-8,15,17,20,23H,9-12H2,1H3/t15-,17-,20+/m0/s1. The number of aromatic nitrogens is 3. The molecule has 0 bridgehead atoms. The van der Waals surface area contributed by atoms with Gasteiger partial charge in [0.2, 0.25) is 5.89 Å². The fraction of sp³-hybridized carbons (Fsp3) is 0.381. The zero-order chi connectivity index (χ0) is 20.0. The molecular weight excluding hydrogens is 373 g/mol. The van der Waals surface area contributed by atoms with Gasteiger partial charge in [0.25, 0.3) is 5.91 Å². The fourth-order valence-corrected chi connectivity index (χ4v) is 4.82. The van der Waals surface area contributed by atoms with Gasteiger partial charge in [0.05, 0.1) is 12.6 Å². The van der Waals surface area contributed by atoms with E-state index in [9.17, 15) is 9.18 Å². The molecule has 0 saturated carbocycles. The number of likely N-dealkylation sites (tertiary alicyclic amines) is 2. The van der Waals surface area contributed by atoms with Crippen LogP contribution >= 0.6 is 0 Å². The van der Waals surface area contributed by atoms with Gasteiger partial charge in [0, 0.05) is 38.7 Å². The van der Waals surface area contributed by atoms with Crippen molar-refractivity contribution in [1.29, 1.82) is 0 Å². The Bertz CT molecular complexity index is 1020. The molecule has 2 fully saturated rings. The molecule has 29 heavy (non-hydrogen) atoms. The maximum absolute atomic E-state index is 14.0. The lowest BCUT2D eigenvalue weighted by Crippen LogP contribution is -2.36. The van der Waals surface area contributed by atoms with E-state index in [2.05, 4.69) is 20.0 Å². The van der Waals surface area contributed by atoms with Crippen molar-refractivity contribution < 1.29 is 13.7 Å². The van der Waals surface area contributed by atoms with Gasteiger partial charge in [-0.2, -0.15) is 4.98 Å². The number of nitrogens with one attached hydrogen (secondary N) is 1. The number of aryl methyl sites for hydroxylation is 1. The molecule has 1 amide bonds. The molecule has 0 spiro atoms. The number of amides is 1. The van der Waals surface area contributed by atoms with Crippen molar-refractivity contribution in [1.82, 2.24) is 24.9 Å². The Morgan fingerprint density at radius 3 is 2.90 bits per heavy atom. The monoisotopic (exact) mass is 395 g/mol. The van der Waals surface area contributed by atoms with Gasteiger partial charge in [-0.3, -0.25) is 9.69 Å². The molecule has 8 heteroatoms. The quantitative estimate of drug-likeness (QED) is 0.735. The van der Waals surface area contributed by atoms with Crippen LogP contribution in [0.3, 0.4) is 0 Å². The highest BCUT2D eigenvalue weighted by atomic mass is 19.1. The van der Waals surface area contributed by atoms with Crippen molar-refractivity contribution in [2.24, 2.45) is 11.8 Å². The molecule has 3 atom stereocenters. The summed E-state index contributed by atoms with van der Waals surface area (Å²) < 4.78 is 19.1. The van der Waals surface area contributed by atoms with Crippen LogP contribution in [0.15, 0.2) is 47.1 Å². The second-order valence-electron chi connectivity index (χ2n) is 7.89. The van der Waals surface area contributed by atoms with E-state index in [0.29, 0.717) is 36.4 Å². The normalized spacial score (nSPS) is 24.2. The van der Waals surface area contributed by atoms with E-state index in [1.165, 1.54) is 6.07 Å². The molecule has 1 aromatic carbocycles. The van der Waals surface area contributed by atoms with E-state index in [1.54, 1.807) is 31.3 Å². The zero-order valence-corrected chi connectivity index (χ0v) is 16.1. The summed E-state index contributed by atoms with van der Waals surface area (Å²) in [5, 5.41) is 3.99. The molecule has 4 heterocycles. The Hall–Kier alpha value is -3.00. The molecule has 0 radical (unpaired) electrons. The minimum atomic E-state index is -0.282. The smallest absolute Gasteiger partial charge is 0.270 e. The van der Waals surface area contributed by atoms with E-state index in [4.69, 9.17) is 4.52 Å². The first-order chi connectivity index (χ1) is 14.1. The van der Waals surface area contributed by atoms with Gasteiger partial charge in [0.1, 0.15) is 11.5 Å². The maximum Gasteiger partial charge on any atom is 0.270 e. The Morgan fingerprint density at radius 2 is 2.17 bits per heavy atom. The summed E-state index contributed by atoms with van der Waals surface area (Å²) in [5.74, 6) is 1.44. The third-order valence-electron chi connectivity index (χ3n) is 5.95. The Morgan fingerprint density at radius 1 is 1.28 bits per heavy atom. The summed E-state index contributed by atoms with van der Waals surface area (Å²) in [5.41, 5.74) is 1.40. The lowest BCUT2D eigenvalue weighted by atomic mass is 9.89. The largest absolute Gasteiger partial charge is 0.357 e. The van der Waals surface area contributed by atoms with Crippen molar-refractivity contribution in [3.05, 3.63) is 71.4 Å². The average molecular weight is 395 g/mol. The van der Waals surface area contributed by atoms with E-state index in [1.807, 2.05) is 17.0 Å². The molecule has 0 aliphatic carbocycles. The maximum atomic E-state index is 14.0. The van der Waals surface area contributed by atoms with E-state index >= 15 is 0 Å². The van der Waals surface area contributed by atoms with Crippen molar-refractivity contribution in [2.75, 3.05) is 19.6 Å². The fourth-order valence-electron chi connectivity index (χ4n) is 4.82. The molecule has 5 rings (SSSR count). The predicted molar refractivity (Wildman–Crippen MR) is 102 cm³/mol. The molecule has 2 aliphatic heterocycles. The molecule has 2 aliphatic rings. The number of hydrogen-bond donors (Lipinski definition) is 1. The highest BCUT2D eigenvalue weighted by Gasteiger charge is 2.49. The van der Waals surface area contributed by atoms with Crippen molar-refractivity contribution in [2.45, 2.75) is 19.5 Å². The van der Waals surface area contributed by atoms with Gasteiger partial charge in [0.15, 0.2) is 5.82 Å². The van der Waals surface area contributed by atoms with Crippen LogP contribution in [0, 0.1) is 24.6 Å². The second-order valence-corrected chi connectivity index (χ2v) is 7.89. The molecule has 2 saturated heterocycles. The van der Waals surface area contributed by atoms with Crippen LogP contribution in [0.2, 0.25) is 0 Å². The Labute approximate surface area is 167 Å². The molecule has 1 N–H and O–H groups in total. The summed E-state index contributed by atoms with van der Waals surface area (Å²) in [6.07, 6.45) is 1.75. The molecule has 0 unspecified atom stereocenters. The Kier molecular flexibility index (Phi) is 4.43. The van der Waals surface area contributed by atoms with Crippen LogP contribution in [0.4, 0.5) is 4.39 Å². The molecule has 3 aromatic rings. The van der Waals surface area contributed by atoms with Crippen molar-refractivity contribution in [3.8, 4) is 0 Å². The van der Waals surface area contributed by atoms with Gasteiger partial charge in [-0.1, -0.05) is 17.3 Å². The second kappa shape index (κ2) is 7.11. The number of carbonyl (C=O) groups excluding carboxylic acids is 1. The minimum absolute atomic E-state index is 0.0426. The molecular formula is C21H22FN5O2. The molecule has 150 valence electrons. The number of halogens is 1. The minimum Gasteiger partial charge on any atom is -0.357 e. The SMILES string of the molecule is Cc1nc(CN2C[C@H]3CN(C(=O)c4ccc[nH]4)[C@H](c4cccc(F)c4)[C@H]3C2)no1. The topological polar surface area (TPSA) is 78.3 Å². The van der Waals surface area contributed by atoms with Crippen LogP contribution in [0.1, 0.15) is 33.8 Å². The molecule has 2 aromatic heterocycles. The van der Waals surface area contributed by atoms with Gasteiger partial charge in [-0.15, -0.1) is 0 Å². The van der Waals surface area contributed by atoms with Gasteiger partial charge < -0.3 is 14.4 Å². The summed E-state index contributed by atoms with van der Waals surface area (Å²) in [4.78, 5) is 24.6. The van der Waals surface area contributed by atoms with Gasteiger partial charge in [-0.25, -0.2) is 4.39 Å². The highest BCUT2D eigenvalue weighted by molar-refractivity contribution is 5.93. The first-order valence-electron chi connectivity index (χ1n) is 9.80. The van der Waals surface area contributed by atoms with Gasteiger partial charge >= 0.3 is 0 Å². The summed E-state index contributed by atoms with van der Waals surface area (Å²) in [6.45, 7) is 4.68. The third kappa shape index (κ3) is 3.33. The van der Waals surface area contributed by atoms with Crippen LogP contribution in [-0.2, 0) is 6.54 Å². The number of fused-ring (bicyclic) bond motifs is 1. The molecule has 7 nitrogen and oxygen atoms in total. The number of benzene rings is 1. The highest BCUT2D eigenvalue weighted by Crippen LogP contribution is 2.45. The predicted octanol–water partition coefficient (Wildman–Crippen LogP) is 2.79.